The molecular formula is C13H7Br2Cl2FN2O. The predicted molar refractivity (Wildman–Crippen MR) is 89.4 cm³/mol. The number of rotatable bonds is 3. The number of hydrogen-bond donors (Lipinski definition) is 2. The molecule has 0 amide bonds. The Bertz CT molecular complexity index is 741. The lowest BCUT2D eigenvalue weighted by atomic mass is 10.2. The van der Waals surface area contributed by atoms with Crippen molar-refractivity contribution in [3.8, 4) is 11.5 Å². The van der Waals surface area contributed by atoms with Crippen LogP contribution in [-0.4, -0.2) is 5.84 Å². The Labute approximate surface area is 146 Å². The average Bonchev–Trinajstić information content (AvgIpc) is 2.40. The molecule has 3 nitrogen and oxygen atoms in total. The van der Waals surface area contributed by atoms with Crippen LogP contribution in [0, 0.1) is 11.2 Å². The Morgan fingerprint density at radius 3 is 2.43 bits per heavy atom. The second kappa shape index (κ2) is 6.52. The van der Waals surface area contributed by atoms with Gasteiger partial charge in [0.2, 0.25) is 0 Å². The highest BCUT2D eigenvalue weighted by Crippen LogP contribution is 2.38. The van der Waals surface area contributed by atoms with E-state index in [9.17, 15) is 4.39 Å². The molecule has 0 fully saturated rings. The van der Waals surface area contributed by atoms with Crippen molar-refractivity contribution in [1.82, 2.24) is 0 Å². The molecule has 0 saturated heterocycles. The third kappa shape index (κ3) is 3.51. The standard InChI is InChI=1S/C13H7Br2Cl2FN2O/c14-6-3-8(17)10(4-7(6)16)21-9-2-1-5(13(19)20)11(15)12(9)18/h1-4H,(H3,19,20). The fourth-order valence-corrected chi connectivity index (χ4v) is 2.89. The molecule has 0 bridgehead atoms. The molecule has 21 heavy (non-hydrogen) atoms. The predicted octanol–water partition coefficient (Wildman–Crippen LogP) is 5.73. The Hall–Kier alpha value is -0.820. The van der Waals surface area contributed by atoms with Gasteiger partial charge in [-0.2, -0.15) is 0 Å². The van der Waals surface area contributed by atoms with Gasteiger partial charge < -0.3 is 10.5 Å². The Balaban J connectivity index is 2.43. The van der Waals surface area contributed by atoms with E-state index in [4.69, 9.17) is 39.1 Å². The quantitative estimate of drug-likeness (QED) is 0.352. The molecule has 0 aliphatic carbocycles. The van der Waals surface area contributed by atoms with Crippen LogP contribution in [0.4, 0.5) is 4.39 Å². The molecule has 0 atom stereocenters. The molecule has 0 heterocycles. The summed E-state index contributed by atoms with van der Waals surface area (Å²) in [7, 11) is 0. The van der Waals surface area contributed by atoms with Crippen LogP contribution in [-0.2, 0) is 0 Å². The number of halogens is 5. The summed E-state index contributed by atoms with van der Waals surface area (Å²) in [4.78, 5) is 0. The first-order chi connectivity index (χ1) is 9.81. The molecule has 0 aliphatic heterocycles. The van der Waals surface area contributed by atoms with E-state index in [-0.39, 0.29) is 32.4 Å². The van der Waals surface area contributed by atoms with Gasteiger partial charge in [-0.3, -0.25) is 5.41 Å². The maximum Gasteiger partial charge on any atom is 0.180 e. The van der Waals surface area contributed by atoms with Gasteiger partial charge in [-0.1, -0.05) is 23.2 Å². The second-order valence-electron chi connectivity index (χ2n) is 3.95. The first-order valence-corrected chi connectivity index (χ1v) is 7.80. The van der Waals surface area contributed by atoms with Crippen molar-refractivity contribution in [3.05, 3.63) is 54.6 Å². The summed E-state index contributed by atoms with van der Waals surface area (Å²) in [6, 6.07) is 5.86. The number of benzene rings is 2. The van der Waals surface area contributed by atoms with Gasteiger partial charge in [-0.05, 0) is 50.1 Å². The Morgan fingerprint density at radius 1 is 1.14 bits per heavy atom. The van der Waals surface area contributed by atoms with Crippen molar-refractivity contribution >= 4 is 60.9 Å². The lowest BCUT2D eigenvalue weighted by molar-refractivity contribution is 0.440. The minimum absolute atomic E-state index is 0.0480. The molecule has 3 N–H and O–H groups in total. The molecule has 110 valence electrons. The summed E-state index contributed by atoms with van der Waals surface area (Å²) in [6.07, 6.45) is 0. The molecule has 0 aromatic heterocycles. The van der Waals surface area contributed by atoms with E-state index in [1.165, 1.54) is 18.2 Å². The van der Waals surface area contributed by atoms with Crippen molar-refractivity contribution in [2.24, 2.45) is 5.73 Å². The zero-order valence-electron chi connectivity index (χ0n) is 10.2. The number of hydrogen-bond acceptors (Lipinski definition) is 2. The van der Waals surface area contributed by atoms with Crippen LogP contribution in [0.25, 0.3) is 0 Å². The average molecular weight is 457 g/mol. The van der Waals surface area contributed by atoms with Crippen LogP contribution >= 0.6 is 55.1 Å². The summed E-state index contributed by atoms with van der Waals surface area (Å²) >= 11 is 18.3. The minimum atomic E-state index is -0.683. The van der Waals surface area contributed by atoms with E-state index in [0.29, 0.717) is 9.50 Å². The van der Waals surface area contributed by atoms with Crippen molar-refractivity contribution < 1.29 is 9.13 Å². The van der Waals surface area contributed by atoms with Crippen LogP contribution < -0.4 is 10.5 Å². The number of nitrogens with one attached hydrogen (secondary N) is 1. The molecule has 0 radical (unpaired) electrons. The van der Waals surface area contributed by atoms with Crippen molar-refractivity contribution in [3.63, 3.8) is 0 Å². The summed E-state index contributed by atoms with van der Waals surface area (Å²) in [5, 5.41) is 8.01. The van der Waals surface area contributed by atoms with Crippen LogP contribution in [0.15, 0.2) is 33.2 Å². The zero-order valence-corrected chi connectivity index (χ0v) is 14.9. The van der Waals surface area contributed by atoms with Crippen molar-refractivity contribution in [1.29, 1.82) is 5.41 Å². The molecule has 0 spiro atoms. The SMILES string of the molecule is N=C(N)c1ccc(Oc2cc(Cl)c(Br)cc2Cl)c(F)c1Br. The van der Waals surface area contributed by atoms with Gasteiger partial charge in [0.1, 0.15) is 11.6 Å². The fraction of sp³-hybridized carbons (Fsp3) is 0. The Kier molecular flexibility index (Phi) is 5.14. The first-order valence-electron chi connectivity index (χ1n) is 5.46. The van der Waals surface area contributed by atoms with Gasteiger partial charge in [-0.25, -0.2) is 4.39 Å². The second-order valence-corrected chi connectivity index (χ2v) is 6.41. The van der Waals surface area contributed by atoms with Gasteiger partial charge in [0.25, 0.3) is 0 Å². The zero-order chi connectivity index (χ0) is 15.7. The van der Waals surface area contributed by atoms with E-state index in [1.807, 2.05) is 0 Å². The van der Waals surface area contributed by atoms with Crippen molar-refractivity contribution in [2.75, 3.05) is 0 Å². The molecule has 2 aromatic carbocycles. The lowest BCUT2D eigenvalue weighted by Crippen LogP contribution is -2.12. The van der Waals surface area contributed by atoms with E-state index >= 15 is 0 Å². The highest BCUT2D eigenvalue weighted by atomic mass is 79.9. The highest BCUT2D eigenvalue weighted by molar-refractivity contribution is 9.10. The first kappa shape index (κ1) is 16.5. The molecule has 2 aromatic rings. The van der Waals surface area contributed by atoms with Crippen LogP contribution in [0.2, 0.25) is 10.0 Å². The monoisotopic (exact) mass is 454 g/mol. The van der Waals surface area contributed by atoms with Gasteiger partial charge in [0.15, 0.2) is 11.6 Å². The van der Waals surface area contributed by atoms with Crippen LogP contribution in [0.3, 0.4) is 0 Å². The maximum absolute atomic E-state index is 14.2. The maximum atomic E-state index is 14.2. The van der Waals surface area contributed by atoms with E-state index in [2.05, 4.69) is 31.9 Å². The molecule has 2 rings (SSSR count). The topological polar surface area (TPSA) is 59.1 Å². The number of nitrogen functional groups attached to an aromatic ring is 1. The van der Waals surface area contributed by atoms with E-state index < -0.39 is 5.82 Å². The third-order valence-electron chi connectivity index (χ3n) is 2.53. The normalized spacial score (nSPS) is 10.5. The summed E-state index contributed by atoms with van der Waals surface area (Å²) in [6.45, 7) is 0. The molecule has 0 aliphatic rings. The van der Waals surface area contributed by atoms with E-state index in [1.54, 1.807) is 6.07 Å². The summed E-state index contributed by atoms with van der Waals surface area (Å²) < 4.78 is 20.3. The largest absolute Gasteiger partial charge is 0.453 e. The number of nitrogens with two attached hydrogens (primary N) is 1. The minimum Gasteiger partial charge on any atom is -0.453 e. The summed E-state index contributed by atoms with van der Waals surface area (Å²) in [5.74, 6) is -0.784. The molecule has 0 saturated carbocycles. The lowest BCUT2D eigenvalue weighted by Gasteiger charge is -2.12. The number of ether oxygens (including phenoxy) is 1. The highest BCUT2D eigenvalue weighted by Gasteiger charge is 2.16. The van der Waals surface area contributed by atoms with Gasteiger partial charge >= 0.3 is 0 Å². The Morgan fingerprint density at radius 2 is 1.81 bits per heavy atom. The fourth-order valence-electron chi connectivity index (χ4n) is 1.52. The van der Waals surface area contributed by atoms with Gasteiger partial charge in [0, 0.05) is 16.1 Å². The molecule has 8 heteroatoms. The third-order valence-corrected chi connectivity index (χ3v) is 4.80. The van der Waals surface area contributed by atoms with Crippen LogP contribution in [0.1, 0.15) is 5.56 Å². The molecule has 0 unspecified atom stereocenters. The van der Waals surface area contributed by atoms with Gasteiger partial charge in [0.05, 0.1) is 14.5 Å². The summed E-state index contributed by atoms with van der Waals surface area (Å²) in [5.41, 5.74) is 5.58. The smallest absolute Gasteiger partial charge is 0.180 e. The molecular weight excluding hydrogens is 450 g/mol. The van der Waals surface area contributed by atoms with Crippen molar-refractivity contribution in [2.45, 2.75) is 0 Å². The number of amidine groups is 1. The van der Waals surface area contributed by atoms with E-state index in [0.717, 1.165) is 0 Å². The van der Waals surface area contributed by atoms with Gasteiger partial charge in [-0.15, -0.1) is 0 Å². The van der Waals surface area contributed by atoms with Crippen LogP contribution in [0.5, 0.6) is 11.5 Å².